The molecule has 1 aliphatic rings. The van der Waals surface area contributed by atoms with Gasteiger partial charge in [0.25, 0.3) is 0 Å². The van der Waals surface area contributed by atoms with Crippen molar-refractivity contribution in [2.24, 2.45) is 0 Å². The van der Waals surface area contributed by atoms with Gasteiger partial charge in [0.2, 0.25) is 5.91 Å². The molecule has 0 bridgehead atoms. The van der Waals surface area contributed by atoms with E-state index < -0.39 is 5.60 Å². The van der Waals surface area contributed by atoms with Gasteiger partial charge < -0.3 is 10.0 Å². The number of piperidine rings is 1. The maximum absolute atomic E-state index is 11.9. The van der Waals surface area contributed by atoms with Crippen molar-refractivity contribution in [3.63, 3.8) is 0 Å². The van der Waals surface area contributed by atoms with Gasteiger partial charge in [-0.05, 0) is 19.4 Å². The van der Waals surface area contributed by atoms with Gasteiger partial charge in [-0.3, -0.25) is 14.8 Å². The molecule has 0 aromatic carbocycles. The van der Waals surface area contributed by atoms with Crippen LogP contribution in [0.4, 0.5) is 0 Å². The maximum atomic E-state index is 11.9. The van der Waals surface area contributed by atoms with E-state index in [0.717, 1.165) is 24.6 Å². The summed E-state index contributed by atoms with van der Waals surface area (Å²) in [5.41, 5.74) is -1.04. The van der Waals surface area contributed by atoms with Gasteiger partial charge in [-0.2, -0.15) is 5.10 Å². The van der Waals surface area contributed by atoms with Gasteiger partial charge in [0.05, 0.1) is 18.6 Å². The fourth-order valence-electron chi connectivity index (χ4n) is 2.84. The molecule has 1 aromatic rings. The fourth-order valence-corrected chi connectivity index (χ4v) is 2.84. The summed E-state index contributed by atoms with van der Waals surface area (Å²) in [4.78, 5) is 20.1. The number of aromatic nitrogens is 3. The minimum atomic E-state index is -0.952. The van der Waals surface area contributed by atoms with Gasteiger partial charge in [0, 0.05) is 26.1 Å². The number of amides is 1. The van der Waals surface area contributed by atoms with Crippen molar-refractivity contribution >= 4 is 5.91 Å². The second kappa shape index (κ2) is 6.57. The largest absolute Gasteiger partial charge is 0.388 e. The number of carbonyl (C=O) groups is 1. The molecule has 1 aromatic heterocycles. The monoisotopic (exact) mass is 323 g/mol. The predicted molar refractivity (Wildman–Crippen MR) is 87.9 cm³/mol. The van der Waals surface area contributed by atoms with Gasteiger partial charge >= 0.3 is 0 Å². The first-order valence-corrected chi connectivity index (χ1v) is 8.16. The number of aromatic amines is 1. The van der Waals surface area contributed by atoms with Crippen molar-refractivity contribution in [2.75, 3.05) is 27.2 Å². The van der Waals surface area contributed by atoms with E-state index in [2.05, 4.69) is 40.9 Å². The summed E-state index contributed by atoms with van der Waals surface area (Å²) in [5, 5.41) is 18.0. The Hall–Kier alpha value is -1.47. The average Bonchev–Trinajstić information content (AvgIpc) is 2.86. The molecule has 2 heterocycles. The SMILES string of the molecule is CN(C)C(=O)CC1(O)CCCN(Cc2nc(C(C)(C)C)n[nH]2)C1. The molecule has 0 aliphatic carbocycles. The summed E-state index contributed by atoms with van der Waals surface area (Å²) in [5.74, 6) is 1.56. The number of carbonyl (C=O) groups excluding carboxylic acids is 1. The third-order valence-electron chi connectivity index (χ3n) is 4.19. The van der Waals surface area contributed by atoms with Crippen molar-refractivity contribution in [3.05, 3.63) is 11.6 Å². The molecule has 130 valence electrons. The molecule has 7 nitrogen and oxygen atoms in total. The first-order chi connectivity index (χ1) is 10.6. The number of hydrogen-bond donors (Lipinski definition) is 2. The molecule has 1 aliphatic heterocycles. The predicted octanol–water partition coefficient (Wildman–Crippen LogP) is 0.907. The van der Waals surface area contributed by atoms with Crippen LogP contribution in [0.15, 0.2) is 0 Å². The summed E-state index contributed by atoms with van der Waals surface area (Å²) < 4.78 is 0. The Morgan fingerprint density at radius 1 is 1.43 bits per heavy atom. The van der Waals surface area contributed by atoms with Crippen LogP contribution in [0.1, 0.15) is 51.7 Å². The first-order valence-electron chi connectivity index (χ1n) is 8.16. The molecule has 0 saturated carbocycles. The lowest BCUT2D eigenvalue weighted by molar-refractivity contribution is -0.136. The molecule has 1 atom stereocenters. The van der Waals surface area contributed by atoms with Crippen LogP contribution in [0.2, 0.25) is 0 Å². The van der Waals surface area contributed by atoms with E-state index in [1.165, 1.54) is 4.90 Å². The van der Waals surface area contributed by atoms with Crippen LogP contribution in [0.3, 0.4) is 0 Å². The number of β-amino-alcohol motifs (C(OH)–C–C–N with tert-alkyl or cyclic N) is 1. The molecule has 0 radical (unpaired) electrons. The third kappa shape index (κ3) is 4.75. The normalized spacial score (nSPS) is 23.0. The van der Waals surface area contributed by atoms with Crippen LogP contribution in [0.25, 0.3) is 0 Å². The van der Waals surface area contributed by atoms with Crippen LogP contribution in [0.5, 0.6) is 0 Å². The van der Waals surface area contributed by atoms with E-state index >= 15 is 0 Å². The van der Waals surface area contributed by atoms with E-state index in [4.69, 9.17) is 0 Å². The standard InChI is InChI=1S/C16H29N5O2/c1-15(2,3)14-17-12(18-19-14)10-21-8-6-7-16(23,11-21)9-13(22)20(4)5/h23H,6-11H2,1-5H3,(H,17,18,19). The van der Waals surface area contributed by atoms with Crippen LogP contribution < -0.4 is 0 Å². The summed E-state index contributed by atoms with van der Waals surface area (Å²) in [6.07, 6.45) is 1.70. The Bertz CT molecular complexity index is 549. The molecule has 2 rings (SSSR count). The van der Waals surface area contributed by atoms with E-state index in [1.54, 1.807) is 14.1 Å². The van der Waals surface area contributed by atoms with Gasteiger partial charge in [0.15, 0.2) is 5.82 Å². The van der Waals surface area contributed by atoms with Gasteiger partial charge in [-0.1, -0.05) is 20.8 Å². The zero-order chi connectivity index (χ0) is 17.3. The van der Waals surface area contributed by atoms with Gasteiger partial charge in [-0.25, -0.2) is 4.98 Å². The van der Waals surface area contributed by atoms with Crippen molar-refractivity contribution in [3.8, 4) is 0 Å². The number of H-pyrrole nitrogens is 1. The van der Waals surface area contributed by atoms with E-state index in [0.29, 0.717) is 19.5 Å². The lowest BCUT2D eigenvalue weighted by Gasteiger charge is -2.38. The van der Waals surface area contributed by atoms with Crippen molar-refractivity contribution in [1.82, 2.24) is 25.0 Å². The smallest absolute Gasteiger partial charge is 0.224 e. The fraction of sp³-hybridized carbons (Fsp3) is 0.812. The maximum Gasteiger partial charge on any atom is 0.224 e. The lowest BCUT2D eigenvalue weighted by atomic mass is 9.89. The van der Waals surface area contributed by atoms with Crippen molar-refractivity contribution in [2.45, 2.75) is 57.6 Å². The molecule has 1 amide bonds. The molecule has 7 heteroatoms. The summed E-state index contributed by atoms with van der Waals surface area (Å²) in [6, 6.07) is 0. The zero-order valence-corrected chi connectivity index (χ0v) is 14.9. The molecule has 23 heavy (non-hydrogen) atoms. The Balaban J connectivity index is 1.98. The Labute approximate surface area is 138 Å². The zero-order valence-electron chi connectivity index (χ0n) is 14.9. The first kappa shape index (κ1) is 17.9. The second-order valence-corrected chi connectivity index (χ2v) is 7.86. The number of aliphatic hydroxyl groups is 1. The number of likely N-dealkylation sites (tertiary alicyclic amines) is 1. The topological polar surface area (TPSA) is 85.3 Å². The molecule has 2 N–H and O–H groups in total. The highest BCUT2D eigenvalue weighted by atomic mass is 16.3. The quantitative estimate of drug-likeness (QED) is 0.860. The highest BCUT2D eigenvalue weighted by Gasteiger charge is 2.36. The minimum Gasteiger partial charge on any atom is -0.388 e. The number of nitrogens with zero attached hydrogens (tertiary/aromatic N) is 4. The van der Waals surface area contributed by atoms with Crippen LogP contribution in [-0.4, -0.2) is 68.8 Å². The van der Waals surface area contributed by atoms with E-state index in [-0.39, 0.29) is 17.7 Å². The van der Waals surface area contributed by atoms with E-state index in [1.807, 2.05) is 0 Å². The van der Waals surface area contributed by atoms with E-state index in [9.17, 15) is 9.90 Å². The highest BCUT2D eigenvalue weighted by Crippen LogP contribution is 2.26. The minimum absolute atomic E-state index is 0.0379. The summed E-state index contributed by atoms with van der Waals surface area (Å²) in [7, 11) is 3.43. The summed E-state index contributed by atoms with van der Waals surface area (Å²) >= 11 is 0. The number of nitrogens with one attached hydrogen (secondary N) is 1. The van der Waals surface area contributed by atoms with Gasteiger partial charge in [0.1, 0.15) is 5.82 Å². The Morgan fingerprint density at radius 3 is 2.70 bits per heavy atom. The molecular formula is C16H29N5O2. The Kier molecular flexibility index (Phi) is 5.10. The van der Waals surface area contributed by atoms with Crippen molar-refractivity contribution < 1.29 is 9.90 Å². The molecule has 1 saturated heterocycles. The molecule has 1 fully saturated rings. The van der Waals surface area contributed by atoms with Crippen LogP contribution in [0, 0.1) is 0 Å². The Morgan fingerprint density at radius 2 is 2.13 bits per heavy atom. The molecule has 0 spiro atoms. The second-order valence-electron chi connectivity index (χ2n) is 7.86. The number of hydrogen-bond acceptors (Lipinski definition) is 5. The highest BCUT2D eigenvalue weighted by molar-refractivity contribution is 5.76. The number of rotatable bonds is 4. The van der Waals surface area contributed by atoms with Gasteiger partial charge in [-0.15, -0.1) is 0 Å². The molecule has 1 unspecified atom stereocenters. The average molecular weight is 323 g/mol. The van der Waals surface area contributed by atoms with Crippen LogP contribution in [-0.2, 0) is 16.8 Å². The molecular weight excluding hydrogens is 294 g/mol. The summed E-state index contributed by atoms with van der Waals surface area (Å²) in [6.45, 7) is 8.22. The lowest BCUT2D eigenvalue weighted by Crippen LogP contribution is -2.50. The van der Waals surface area contributed by atoms with Crippen LogP contribution >= 0.6 is 0 Å². The third-order valence-corrected chi connectivity index (χ3v) is 4.19. The van der Waals surface area contributed by atoms with Crippen molar-refractivity contribution in [1.29, 1.82) is 0 Å².